The van der Waals surface area contributed by atoms with Gasteiger partial charge in [-0.3, -0.25) is 0 Å². The van der Waals surface area contributed by atoms with E-state index >= 15 is 0 Å². The van der Waals surface area contributed by atoms with Gasteiger partial charge >= 0.3 is 7.12 Å². The minimum Gasteiger partial charge on any atom is -0.399 e. The zero-order chi connectivity index (χ0) is 19.5. The highest BCUT2D eigenvalue weighted by molar-refractivity contribution is 6.62. The van der Waals surface area contributed by atoms with Crippen molar-refractivity contribution in [2.75, 3.05) is 0 Å². The van der Waals surface area contributed by atoms with Crippen LogP contribution in [0.2, 0.25) is 0 Å². The van der Waals surface area contributed by atoms with Gasteiger partial charge in [0.2, 0.25) is 0 Å². The molecule has 0 spiro atoms. The molecule has 2 aliphatic rings. The van der Waals surface area contributed by atoms with Gasteiger partial charge in [-0.2, -0.15) is 0 Å². The Kier molecular flexibility index (Phi) is 3.87. The number of fused-ring (bicyclic) bond motifs is 3. The molecule has 142 valence electrons. The van der Waals surface area contributed by atoms with Gasteiger partial charge in [0.1, 0.15) is 0 Å². The van der Waals surface area contributed by atoms with E-state index in [1.807, 2.05) is 0 Å². The summed E-state index contributed by atoms with van der Waals surface area (Å²) in [6.07, 6.45) is 9.82. The Morgan fingerprint density at radius 1 is 0.893 bits per heavy atom. The summed E-state index contributed by atoms with van der Waals surface area (Å²) in [6.45, 7) is 8.39. The van der Waals surface area contributed by atoms with Crippen molar-refractivity contribution in [2.45, 2.75) is 51.4 Å². The van der Waals surface area contributed by atoms with Crippen molar-refractivity contribution in [1.82, 2.24) is 4.57 Å². The van der Waals surface area contributed by atoms with E-state index in [-0.39, 0.29) is 18.3 Å². The molecule has 1 aliphatic heterocycles. The number of para-hydroxylation sites is 1. The standard InChI is InChI=1S/C24H26BNO2/c1-23(2)24(3,4)28-25(27-23)17-14-15-22-20(16-17)19-12-8-9-13-21(19)26(22)18-10-6-5-7-11-18/h5-10,12-16,18H,11H2,1-4H3. The summed E-state index contributed by atoms with van der Waals surface area (Å²) in [5.41, 5.74) is 2.94. The van der Waals surface area contributed by atoms with E-state index in [2.05, 4.69) is 99.0 Å². The van der Waals surface area contributed by atoms with Crippen LogP contribution in [-0.4, -0.2) is 22.9 Å². The van der Waals surface area contributed by atoms with Crippen molar-refractivity contribution < 1.29 is 9.31 Å². The van der Waals surface area contributed by atoms with Crippen molar-refractivity contribution in [3.63, 3.8) is 0 Å². The van der Waals surface area contributed by atoms with E-state index in [1.165, 1.54) is 21.8 Å². The van der Waals surface area contributed by atoms with Crippen molar-refractivity contribution in [2.24, 2.45) is 0 Å². The summed E-state index contributed by atoms with van der Waals surface area (Å²) in [4.78, 5) is 0. The van der Waals surface area contributed by atoms with Crippen LogP contribution in [0, 0.1) is 0 Å². The SMILES string of the molecule is CC1(C)OB(c2ccc3c(c2)c2ccccc2n3C2C=CC=CC2)OC1(C)C. The summed E-state index contributed by atoms with van der Waals surface area (Å²) >= 11 is 0. The molecule has 28 heavy (non-hydrogen) atoms. The fraction of sp³-hybridized carbons (Fsp3) is 0.333. The number of hydrogen-bond acceptors (Lipinski definition) is 2. The maximum atomic E-state index is 6.28. The van der Waals surface area contributed by atoms with E-state index in [1.54, 1.807) is 0 Å². The van der Waals surface area contributed by atoms with Crippen LogP contribution in [0.3, 0.4) is 0 Å². The van der Waals surface area contributed by atoms with Crippen molar-refractivity contribution in [3.05, 3.63) is 66.8 Å². The first-order valence-electron chi connectivity index (χ1n) is 10.1. The summed E-state index contributed by atoms with van der Waals surface area (Å²) in [6, 6.07) is 15.6. The van der Waals surface area contributed by atoms with Crippen LogP contribution in [0.1, 0.15) is 40.2 Å². The molecular weight excluding hydrogens is 345 g/mol. The van der Waals surface area contributed by atoms with Crippen LogP contribution in [0.4, 0.5) is 0 Å². The second-order valence-corrected chi connectivity index (χ2v) is 8.87. The monoisotopic (exact) mass is 371 g/mol. The maximum absolute atomic E-state index is 6.28. The lowest BCUT2D eigenvalue weighted by Crippen LogP contribution is -2.41. The number of allylic oxidation sites excluding steroid dienone is 4. The molecule has 4 heteroatoms. The molecule has 1 saturated heterocycles. The van der Waals surface area contributed by atoms with Crippen LogP contribution in [0.15, 0.2) is 66.8 Å². The molecule has 3 aromatic rings. The van der Waals surface area contributed by atoms with Crippen molar-refractivity contribution >= 4 is 34.4 Å². The van der Waals surface area contributed by atoms with Crippen LogP contribution < -0.4 is 5.46 Å². The number of hydrogen-bond donors (Lipinski definition) is 0. The minimum absolute atomic E-state index is 0.333. The van der Waals surface area contributed by atoms with Gasteiger partial charge < -0.3 is 13.9 Å². The second-order valence-electron chi connectivity index (χ2n) is 8.87. The third-order valence-corrected chi connectivity index (χ3v) is 6.55. The molecule has 5 rings (SSSR count). The molecule has 1 unspecified atom stereocenters. The zero-order valence-electron chi connectivity index (χ0n) is 17.0. The average molecular weight is 371 g/mol. The van der Waals surface area contributed by atoms with Gasteiger partial charge in [-0.05, 0) is 51.7 Å². The van der Waals surface area contributed by atoms with Gasteiger partial charge in [0.25, 0.3) is 0 Å². The van der Waals surface area contributed by atoms with Gasteiger partial charge in [-0.25, -0.2) is 0 Å². The lowest BCUT2D eigenvalue weighted by Gasteiger charge is -2.32. The Hall–Kier alpha value is -2.30. The molecular formula is C24H26BNO2. The molecule has 0 N–H and O–H groups in total. The molecule has 1 fully saturated rings. The van der Waals surface area contributed by atoms with Gasteiger partial charge in [-0.15, -0.1) is 0 Å². The third-order valence-electron chi connectivity index (χ3n) is 6.55. The van der Waals surface area contributed by atoms with Gasteiger partial charge in [0.15, 0.2) is 0 Å². The molecule has 0 bridgehead atoms. The fourth-order valence-electron chi connectivity index (χ4n) is 4.26. The summed E-state index contributed by atoms with van der Waals surface area (Å²) in [5.74, 6) is 0. The quantitative estimate of drug-likeness (QED) is 0.582. The summed E-state index contributed by atoms with van der Waals surface area (Å²) in [5, 5.41) is 2.53. The second kappa shape index (κ2) is 6.10. The van der Waals surface area contributed by atoms with Gasteiger partial charge in [-0.1, -0.05) is 54.6 Å². The first-order valence-corrected chi connectivity index (χ1v) is 10.1. The molecule has 1 aromatic heterocycles. The largest absolute Gasteiger partial charge is 0.494 e. The Morgan fingerprint density at radius 2 is 1.61 bits per heavy atom. The molecule has 0 amide bonds. The highest BCUT2D eigenvalue weighted by Crippen LogP contribution is 2.38. The summed E-state index contributed by atoms with van der Waals surface area (Å²) in [7, 11) is -0.339. The zero-order valence-corrected chi connectivity index (χ0v) is 17.0. The molecule has 0 radical (unpaired) electrons. The number of benzene rings is 2. The predicted molar refractivity (Wildman–Crippen MR) is 117 cm³/mol. The normalized spacial score (nSPS) is 23.1. The maximum Gasteiger partial charge on any atom is 0.494 e. The topological polar surface area (TPSA) is 23.4 Å². The molecule has 1 atom stereocenters. The van der Waals surface area contributed by atoms with Gasteiger partial charge in [0.05, 0.1) is 17.2 Å². The van der Waals surface area contributed by atoms with Crippen LogP contribution in [0.25, 0.3) is 21.8 Å². The first kappa shape index (κ1) is 17.8. The molecule has 1 aliphatic carbocycles. The Morgan fingerprint density at radius 3 is 2.32 bits per heavy atom. The first-order chi connectivity index (χ1) is 13.4. The van der Waals surface area contributed by atoms with Gasteiger partial charge in [0, 0.05) is 21.8 Å². The van der Waals surface area contributed by atoms with Crippen LogP contribution in [0.5, 0.6) is 0 Å². The fourth-order valence-corrected chi connectivity index (χ4v) is 4.26. The third kappa shape index (κ3) is 2.59. The molecule has 2 heterocycles. The average Bonchev–Trinajstić information content (AvgIpc) is 3.12. The smallest absolute Gasteiger partial charge is 0.399 e. The molecule has 3 nitrogen and oxygen atoms in total. The Balaban J connectivity index is 1.66. The number of aromatic nitrogens is 1. The molecule has 0 saturated carbocycles. The molecule has 2 aromatic carbocycles. The summed E-state index contributed by atoms with van der Waals surface area (Å²) < 4.78 is 15.0. The number of nitrogens with zero attached hydrogens (tertiary/aromatic N) is 1. The lowest BCUT2D eigenvalue weighted by atomic mass is 9.78. The minimum atomic E-state index is -0.339. The predicted octanol–water partition coefficient (Wildman–Crippen LogP) is 5.15. The van der Waals surface area contributed by atoms with Crippen molar-refractivity contribution in [3.8, 4) is 0 Å². The Bertz CT molecular complexity index is 1110. The van der Waals surface area contributed by atoms with Crippen LogP contribution >= 0.6 is 0 Å². The highest BCUT2D eigenvalue weighted by atomic mass is 16.7. The lowest BCUT2D eigenvalue weighted by molar-refractivity contribution is 0.00578. The highest BCUT2D eigenvalue weighted by Gasteiger charge is 2.51. The van der Waals surface area contributed by atoms with E-state index in [0.717, 1.165) is 11.9 Å². The number of rotatable bonds is 2. The van der Waals surface area contributed by atoms with Crippen molar-refractivity contribution in [1.29, 1.82) is 0 Å². The van der Waals surface area contributed by atoms with E-state index in [0.29, 0.717) is 6.04 Å². The Labute approximate surface area is 166 Å². The van der Waals surface area contributed by atoms with E-state index < -0.39 is 0 Å². The van der Waals surface area contributed by atoms with Crippen LogP contribution in [-0.2, 0) is 9.31 Å². The van der Waals surface area contributed by atoms with E-state index in [4.69, 9.17) is 9.31 Å². The van der Waals surface area contributed by atoms with E-state index in [9.17, 15) is 0 Å².